The zero-order valence-electron chi connectivity index (χ0n) is 11.2. The van der Waals surface area contributed by atoms with Crippen molar-refractivity contribution in [2.24, 2.45) is 11.1 Å². The summed E-state index contributed by atoms with van der Waals surface area (Å²) in [4.78, 5) is 8.43. The summed E-state index contributed by atoms with van der Waals surface area (Å²) in [7, 11) is 0. The lowest BCUT2D eigenvalue weighted by atomic mass is 9.85. The predicted molar refractivity (Wildman–Crippen MR) is 76.4 cm³/mol. The highest BCUT2D eigenvalue weighted by atomic mass is 79.9. The molecule has 2 heterocycles. The van der Waals surface area contributed by atoms with Crippen molar-refractivity contribution in [2.75, 3.05) is 0 Å². The second-order valence-corrected chi connectivity index (χ2v) is 6.50. The molecule has 0 spiro atoms. The normalized spacial score (nSPS) is 13.5. The minimum atomic E-state index is -0.0264. The second-order valence-electron chi connectivity index (χ2n) is 5.58. The minimum Gasteiger partial charge on any atom is -0.339 e. The summed E-state index contributed by atoms with van der Waals surface area (Å²) in [5, 5.41) is 3.96. The number of hydrogen-bond donors (Lipinski definition) is 1. The Morgan fingerprint density at radius 3 is 2.74 bits per heavy atom. The fourth-order valence-corrected chi connectivity index (χ4v) is 1.85. The summed E-state index contributed by atoms with van der Waals surface area (Å²) in [6.45, 7) is 6.27. The molecule has 0 saturated heterocycles. The van der Waals surface area contributed by atoms with Crippen LogP contribution in [0.4, 0.5) is 0 Å². The van der Waals surface area contributed by atoms with E-state index < -0.39 is 0 Å². The van der Waals surface area contributed by atoms with E-state index in [2.05, 4.69) is 51.8 Å². The fraction of sp³-hybridized carbons (Fsp3) is 0.462. The number of hydrogen-bond acceptors (Lipinski definition) is 5. The molecule has 2 aromatic rings. The number of aromatic nitrogens is 3. The van der Waals surface area contributed by atoms with Gasteiger partial charge in [0.2, 0.25) is 11.7 Å². The Labute approximate surface area is 120 Å². The van der Waals surface area contributed by atoms with Crippen LogP contribution in [0.1, 0.15) is 26.7 Å². The Bertz CT molecular complexity index is 562. The fourth-order valence-electron chi connectivity index (χ4n) is 1.48. The van der Waals surface area contributed by atoms with Crippen molar-refractivity contribution in [1.29, 1.82) is 0 Å². The summed E-state index contributed by atoms with van der Waals surface area (Å²) in [6, 6.07) is 1.87. The van der Waals surface area contributed by atoms with Crippen molar-refractivity contribution in [3.8, 4) is 11.4 Å². The molecule has 1 atom stereocenters. The lowest BCUT2D eigenvalue weighted by molar-refractivity contribution is 0.286. The Balaban J connectivity index is 2.16. The summed E-state index contributed by atoms with van der Waals surface area (Å²) >= 11 is 3.36. The van der Waals surface area contributed by atoms with Gasteiger partial charge in [-0.05, 0) is 27.4 Å². The van der Waals surface area contributed by atoms with Gasteiger partial charge < -0.3 is 10.3 Å². The third kappa shape index (κ3) is 3.61. The highest BCUT2D eigenvalue weighted by molar-refractivity contribution is 9.10. The molecule has 0 aliphatic carbocycles. The van der Waals surface area contributed by atoms with Crippen molar-refractivity contribution in [3.05, 3.63) is 28.8 Å². The Morgan fingerprint density at radius 1 is 1.37 bits per heavy atom. The van der Waals surface area contributed by atoms with Gasteiger partial charge in [0.25, 0.3) is 0 Å². The molecule has 0 radical (unpaired) electrons. The molecular weight excluding hydrogens is 308 g/mol. The summed E-state index contributed by atoms with van der Waals surface area (Å²) in [5.74, 6) is 1.09. The van der Waals surface area contributed by atoms with E-state index in [9.17, 15) is 0 Å². The Morgan fingerprint density at radius 2 is 2.11 bits per heavy atom. The van der Waals surface area contributed by atoms with E-state index in [1.54, 1.807) is 12.4 Å². The molecule has 2 N–H and O–H groups in total. The maximum atomic E-state index is 6.11. The van der Waals surface area contributed by atoms with Crippen LogP contribution in [0.5, 0.6) is 0 Å². The molecule has 0 aromatic carbocycles. The van der Waals surface area contributed by atoms with Gasteiger partial charge in [-0.2, -0.15) is 4.98 Å². The van der Waals surface area contributed by atoms with Gasteiger partial charge in [-0.25, -0.2) is 0 Å². The molecule has 5 nitrogen and oxygen atoms in total. The average molecular weight is 325 g/mol. The van der Waals surface area contributed by atoms with Gasteiger partial charge in [0, 0.05) is 34.9 Å². The average Bonchev–Trinajstić information content (AvgIpc) is 2.76. The first-order chi connectivity index (χ1) is 8.86. The smallest absolute Gasteiger partial charge is 0.228 e. The van der Waals surface area contributed by atoms with Crippen LogP contribution in [0.2, 0.25) is 0 Å². The molecule has 0 saturated carbocycles. The van der Waals surface area contributed by atoms with Crippen molar-refractivity contribution in [3.63, 3.8) is 0 Å². The SMILES string of the molecule is CC(C)(C)C(N)Cc1nc(-c2cncc(Br)c2)no1. The molecule has 2 rings (SSSR count). The van der Waals surface area contributed by atoms with Crippen LogP contribution in [-0.4, -0.2) is 21.2 Å². The van der Waals surface area contributed by atoms with Crippen LogP contribution in [-0.2, 0) is 6.42 Å². The quantitative estimate of drug-likeness (QED) is 0.939. The van der Waals surface area contributed by atoms with E-state index in [0.717, 1.165) is 10.0 Å². The van der Waals surface area contributed by atoms with Gasteiger partial charge in [-0.1, -0.05) is 25.9 Å². The van der Waals surface area contributed by atoms with Crippen LogP contribution < -0.4 is 5.73 Å². The lowest BCUT2D eigenvalue weighted by Gasteiger charge is -2.25. The van der Waals surface area contributed by atoms with Crippen molar-refractivity contribution in [1.82, 2.24) is 15.1 Å². The van der Waals surface area contributed by atoms with E-state index in [4.69, 9.17) is 10.3 Å². The van der Waals surface area contributed by atoms with Crippen LogP contribution in [0.3, 0.4) is 0 Å². The van der Waals surface area contributed by atoms with Gasteiger partial charge in [0.15, 0.2) is 0 Å². The molecule has 102 valence electrons. The Hall–Kier alpha value is -1.27. The molecule has 2 aromatic heterocycles. The highest BCUT2D eigenvalue weighted by Crippen LogP contribution is 2.22. The first-order valence-corrected chi connectivity index (χ1v) is 6.84. The van der Waals surface area contributed by atoms with E-state index in [1.165, 1.54) is 0 Å². The number of pyridine rings is 1. The van der Waals surface area contributed by atoms with E-state index >= 15 is 0 Å². The van der Waals surface area contributed by atoms with Crippen LogP contribution in [0, 0.1) is 5.41 Å². The number of nitrogens with two attached hydrogens (primary N) is 1. The molecular formula is C13H17BrN4O. The third-order valence-electron chi connectivity index (χ3n) is 2.94. The molecule has 1 unspecified atom stereocenters. The topological polar surface area (TPSA) is 77.8 Å². The zero-order chi connectivity index (χ0) is 14.0. The number of rotatable bonds is 3. The van der Waals surface area contributed by atoms with Crippen LogP contribution in [0.25, 0.3) is 11.4 Å². The molecule has 0 amide bonds. The van der Waals surface area contributed by atoms with Crippen LogP contribution in [0.15, 0.2) is 27.5 Å². The number of halogens is 1. The van der Waals surface area contributed by atoms with Crippen molar-refractivity contribution < 1.29 is 4.52 Å². The molecule has 0 bridgehead atoms. The van der Waals surface area contributed by atoms with Gasteiger partial charge in [-0.3, -0.25) is 4.98 Å². The maximum Gasteiger partial charge on any atom is 0.228 e. The lowest BCUT2D eigenvalue weighted by Crippen LogP contribution is -2.36. The maximum absolute atomic E-state index is 6.11. The Kier molecular flexibility index (Phi) is 4.01. The molecule has 0 fully saturated rings. The van der Waals surface area contributed by atoms with Gasteiger partial charge in [0.1, 0.15) is 0 Å². The molecule has 6 heteroatoms. The zero-order valence-corrected chi connectivity index (χ0v) is 12.8. The molecule has 0 aliphatic heterocycles. The van der Waals surface area contributed by atoms with Crippen molar-refractivity contribution in [2.45, 2.75) is 33.2 Å². The third-order valence-corrected chi connectivity index (χ3v) is 3.37. The molecule has 19 heavy (non-hydrogen) atoms. The first kappa shape index (κ1) is 14.1. The summed E-state index contributed by atoms with van der Waals surface area (Å²) < 4.78 is 6.12. The van der Waals surface area contributed by atoms with Crippen molar-refractivity contribution >= 4 is 15.9 Å². The monoisotopic (exact) mass is 324 g/mol. The molecule has 0 aliphatic rings. The van der Waals surface area contributed by atoms with E-state index in [0.29, 0.717) is 18.1 Å². The first-order valence-electron chi connectivity index (χ1n) is 6.05. The summed E-state index contributed by atoms with van der Waals surface area (Å²) in [6.07, 6.45) is 3.97. The standard InChI is InChI=1S/C13H17BrN4O/c1-13(2,3)10(15)5-11-17-12(18-19-11)8-4-9(14)7-16-6-8/h4,6-7,10H,5,15H2,1-3H3. The minimum absolute atomic E-state index is 0.00592. The van der Waals surface area contributed by atoms with Gasteiger partial charge >= 0.3 is 0 Å². The second kappa shape index (κ2) is 5.38. The summed E-state index contributed by atoms with van der Waals surface area (Å²) in [5.41, 5.74) is 6.93. The predicted octanol–water partition coefficient (Wildman–Crippen LogP) is 2.81. The highest BCUT2D eigenvalue weighted by Gasteiger charge is 2.23. The van der Waals surface area contributed by atoms with E-state index in [-0.39, 0.29) is 11.5 Å². The van der Waals surface area contributed by atoms with Crippen LogP contribution >= 0.6 is 15.9 Å². The van der Waals surface area contributed by atoms with Gasteiger partial charge in [-0.15, -0.1) is 0 Å². The number of nitrogens with zero attached hydrogens (tertiary/aromatic N) is 3. The van der Waals surface area contributed by atoms with E-state index in [1.807, 2.05) is 6.07 Å². The largest absolute Gasteiger partial charge is 0.339 e. The van der Waals surface area contributed by atoms with Gasteiger partial charge in [0.05, 0.1) is 0 Å².